The van der Waals surface area contributed by atoms with Crippen LogP contribution in [0.5, 0.6) is 0 Å². The van der Waals surface area contributed by atoms with E-state index >= 15 is 0 Å². The minimum Gasteiger partial charge on any atom is -0.441 e. The van der Waals surface area contributed by atoms with E-state index in [-0.39, 0.29) is 5.91 Å². The van der Waals surface area contributed by atoms with Crippen molar-refractivity contribution in [2.24, 2.45) is 0 Å². The van der Waals surface area contributed by atoms with Crippen LogP contribution in [-0.4, -0.2) is 25.9 Å². The van der Waals surface area contributed by atoms with E-state index in [0.29, 0.717) is 36.1 Å². The lowest BCUT2D eigenvalue weighted by Crippen LogP contribution is -2.24. The molecule has 1 amide bonds. The van der Waals surface area contributed by atoms with Gasteiger partial charge >= 0.3 is 0 Å². The average molecular weight is 480 g/mol. The van der Waals surface area contributed by atoms with Crippen molar-refractivity contribution in [3.63, 3.8) is 0 Å². The topological polar surface area (TPSA) is 85.8 Å². The van der Waals surface area contributed by atoms with Crippen LogP contribution in [-0.2, 0) is 13.1 Å². The Hall–Kier alpha value is -3.26. The van der Waals surface area contributed by atoms with Crippen LogP contribution in [0.1, 0.15) is 38.8 Å². The Balaban J connectivity index is 1.46. The van der Waals surface area contributed by atoms with E-state index in [2.05, 4.69) is 36.5 Å². The molecule has 8 heteroatoms. The molecule has 7 nitrogen and oxygen atoms in total. The van der Waals surface area contributed by atoms with E-state index in [0.717, 1.165) is 21.3 Å². The first-order valence-corrected chi connectivity index (χ1v) is 10.7. The number of hydrogen-bond donors (Lipinski definition) is 1. The molecule has 0 radical (unpaired) electrons. The molecule has 0 aliphatic rings. The lowest BCUT2D eigenvalue weighted by atomic mass is 10.1. The molecule has 158 valence electrons. The fourth-order valence-corrected chi connectivity index (χ4v) is 3.39. The minimum absolute atomic E-state index is 0.260. The van der Waals surface area contributed by atoms with Gasteiger partial charge in [-0.25, -0.2) is 9.67 Å². The summed E-state index contributed by atoms with van der Waals surface area (Å²) < 4.78 is 8.51. The molecular formula is C23H22BrN5O2. The van der Waals surface area contributed by atoms with Crippen molar-refractivity contribution in [1.82, 2.24) is 25.3 Å². The quantitative estimate of drug-likeness (QED) is 0.436. The number of oxazole rings is 1. The van der Waals surface area contributed by atoms with Gasteiger partial charge in [-0.2, -0.15) is 0 Å². The van der Waals surface area contributed by atoms with Gasteiger partial charge in [0.1, 0.15) is 11.5 Å². The number of aryl methyl sites for hydroxylation is 2. The third-order valence-electron chi connectivity index (χ3n) is 5.05. The van der Waals surface area contributed by atoms with E-state index < -0.39 is 0 Å². The van der Waals surface area contributed by atoms with Crippen molar-refractivity contribution in [1.29, 1.82) is 0 Å². The Morgan fingerprint density at radius 1 is 1.06 bits per heavy atom. The molecule has 0 aliphatic heterocycles. The van der Waals surface area contributed by atoms with Gasteiger partial charge in [-0.1, -0.05) is 51.0 Å². The molecule has 31 heavy (non-hydrogen) atoms. The van der Waals surface area contributed by atoms with E-state index in [4.69, 9.17) is 4.42 Å². The van der Waals surface area contributed by atoms with Crippen LogP contribution in [0.25, 0.3) is 11.5 Å². The van der Waals surface area contributed by atoms with Gasteiger partial charge in [0.05, 0.1) is 12.2 Å². The first-order chi connectivity index (χ1) is 14.9. The molecule has 4 rings (SSSR count). The number of halogens is 1. The molecule has 2 heterocycles. The molecule has 2 aromatic heterocycles. The predicted octanol–water partition coefficient (Wildman–Crippen LogP) is 4.60. The van der Waals surface area contributed by atoms with Crippen molar-refractivity contribution in [2.75, 3.05) is 0 Å². The predicted molar refractivity (Wildman–Crippen MR) is 121 cm³/mol. The van der Waals surface area contributed by atoms with Gasteiger partial charge in [-0.3, -0.25) is 4.79 Å². The van der Waals surface area contributed by atoms with Crippen LogP contribution in [0.4, 0.5) is 0 Å². The monoisotopic (exact) mass is 479 g/mol. The molecule has 1 N–H and O–H groups in total. The number of carbonyl (C=O) groups is 1. The average Bonchev–Trinajstić information content (AvgIpc) is 3.31. The highest BCUT2D eigenvalue weighted by molar-refractivity contribution is 9.10. The maximum Gasteiger partial charge on any atom is 0.274 e. The second kappa shape index (κ2) is 8.85. The molecule has 0 spiro atoms. The van der Waals surface area contributed by atoms with Gasteiger partial charge in [0.2, 0.25) is 5.89 Å². The largest absolute Gasteiger partial charge is 0.441 e. The zero-order valence-electron chi connectivity index (χ0n) is 17.5. The van der Waals surface area contributed by atoms with Crippen LogP contribution >= 0.6 is 15.9 Å². The highest BCUT2D eigenvalue weighted by Crippen LogP contribution is 2.23. The number of hydrogen-bond acceptors (Lipinski definition) is 5. The molecule has 0 atom stereocenters. The number of benzene rings is 2. The van der Waals surface area contributed by atoms with E-state index in [1.807, 2.05) is 69.3 Å². The van der Waals surface area contributed by atoms with E-state index in [1.54, 1.807) is 4.68 Å². The van der Waals surface area contributed by atoms with Crippen LogP contribution in [0.2, 0.25) is 0 Å². The van der Waals surface area contributed by atoms with Crippen molar-refractivity contribution in [3.8, 4) is 11.5 Å². The minimum atomic E-state index is -0.260. The van der Waals surface area contributed by atoms with Crippen LogP contribution in [0.15, 0.2) is 57.4 Å². The molecule has 0 saturated heterocycles. The summed E-state index contributed by atoms with van der Waals surface area (Å²) in [5, 5.41) is 11.1. The van der Waals surface area contributed by atoms with Gasteiger partial charge in [0.15, 0.2) is 5.69 Å². The summed E-state index contributed by atoms with van der Waals surface area (Å²) in [4.78, 5) is 17.2. The fourth-order valence-electron chi connectivity index (χ4n) is 3.12. The van der Waals surface area contributed by atoms with Gasteiger partial charge in [0.25, 0.3) is 5.91 Å². The number of nitrogens with one attached hydrogen (secondary N) is 1. The number of amides is 1. The molecule has 0 unspecified atom stereocenters. The SMILES string of the molecule is Cc1ccc(-c2nc(Cn3nnc(C(=O)NCc4ccc(Br)cc4)c3C)c(C)o2)cc1. The first-order valence-electron chi connectivity index (χ1n) is 9.87. The second-order valence-corrected chi connectivity index (χ2v) is 8.29. The standard InChI is InChI=1S/C23H22BrN5O2/c1-14-4-8-18(9-5-14)23-26-20(16(3)31-23)13-29-15(2)21(27-28-29)22(30)25-12-17-6-10-19(24)11-7-17/h4-11H,12-13H2,1-3H3,(H,25,30). The van der Waals surface area contributed by atoms with Gasteiger partial charge in [-0.15, -0.1) is 5.10 Å². The summed E-state index contributed by atoms with van der Waals surface area (Å²) in [6, 6.07) is 15.8. The van der Waals surface area contributed by atoms with Gasteiger partial charge in [0, 0.05) is 16.6 Å². The first kappa shape index (κ1) is 21.0. The maximum absolute atomic E-state index is 12.6. The number of nitrogens with zero attached hydrogens (tertiary/aromatic N) is 4. The Morgan fingerprint density at radius 3 is 2.48 bits per heavy atom. The summed E-state index contributed by atoms with van der Waals surface area (Å²) in [6.07, 6.45) is 0. The molecular weight excluding hydrogens is 458 g/mol. The Morgan fingerprint density at radius 2 is 1.77 bits per heavy atom. The molecule has 0 fully saturated rings. The van der Waals surface area contributed by atoms with Gasteiger partial charge < -0.3 is 9.73 Å². The summed E-state index contributed by atoms with van der Waals surface area (Å²) in [6.45, 7) is 6.53. The lowest BCUT2D eigenvalue weighted by Gasteiger charge is -2.05. The molecule has 0 aliphatic carbocycles. The maximum atomic E-state index is 12.6. The normalized spacial score (nSPS) is 11.0. The number of rotatable bonds is 6. The Labute approximate surface area is 188 Å². The van der Waals surface area contributed by atoms with Gasteiger partial charge in [-0.05, 0) is 50.6 Å². The molecule has 0 bridgehead atoms. The van der Waals surface area contributed by atoms with Crippen molar-refractivity contribution >= 4 is 21.8 Å². The van der Waals surface area contributed by atoms with Crippen LogP contribution in [0.3, 0.4) is 0 Å². The number of carbonyl (C=O) groups excluding carboxylic acids is 1. The van der Waals surface area contributed by atoms with Crippen molar-refractivity contribution in [3.05, 3.63) is 87.0 Å². The van der Waals surface area contributed by atoms with E-state index in [1.165, 1.54) is 5.56 Å². The Kier molecular flexibility index (Phi) is 5.99. The summed E-state index contributed by atoms with van der Waals surface area (Å²) in [7, 11) is 0. The summed E-state index contributed by atoms with van der Waals surface area (Å²) in [5.41, 5.74) is 4.83. The zero-order chi connectivity index (χ0) is 22.0. The van der Waals surface area contributed by atoms with Crippen molar-refractivity contribution in [2.45, 2.75) is 33.9 Å². The molecule has 4 aromatic rings. The zero-order valence-corrected chi connectivity index (χ0v) is 19.1. The highest BCUT2D eigenvalue weighted by Gasteiger charge is 2.19. The third kappa shape index (κ3) is 4.74. The third-order valence-corrected chi connectivity index (χ3v) is 5.58. The smallest absolute Gasteiger partial charge is 0.274 e. The molecule has 0 saturated carbocycles. The fraction of sp³-hybridized carbons (Fsp3) is 0.217. The van der Waals surface area contributed by atoms with Crippen molar-refractivity contribution < 1.29 is 9.21 Å². The van der Waals surface area contributed by atoms with E-state index in [9.17, 15) is 4.79 Å². The highest BCUT2D eigenvalue weighted by atomic mass is 79.9. The van der Waals surface area contributed by atoms with Crippen LogP contribution in [0, 0.1) is 20.8 Å². The number of aromatic nitrogens is 4. The molecule has 2 aromatic carbocycles. The van der Waals surface area contributed by atoms with Crippen LogP contribution < -0.4 is 5.32 Å². The Bertz CT molecular complexity index is 1210. The lowest BCUT2D eigenvalue weighted by molar-refractivity contribution is 0.0945. The summed E-state index contributed by atoms with van der Waals surface area (Å²) >= 11 is 3.40. The summed E-state index contributed by atoms with van der Waals surface area (Å²) in [5.74, 6) is 1.02. The second-order valence-electron chi connectivity index (χ2n) is 7.38.